The van der Waals surface area contributed by atoms with Gasteiger partial charge in [0.15, 0.2) is 9.84 Å². The second-order valence-corrected chi connectivity index (χ2v) is 8.42. The van der Waals surface area contributed by atoms with Crippen LogP contribution >= 0.6 is 34.8 Å². The van der Waals surface area contributed by atoms with Crippen LogP contribution in [0.5, 0.6) is 0 Å². The molecule has 8 heteroatoms. The first kappa shape index (κ1) is 19.1. The van der Waals surface area contributed by atoms with Gasteiger partial charge in [0, 0.05) is 5.02 Å². The molecule has 4 nitrogen and oxygen atoms in total. The topological polar surface area (TPSA) is 63.2 Å². The summed E-state index contributed by atoms with van der Waals surface area (Å²) >= 11 is 17.5. The van der Waals surface area contributed by atoms with Crippen LogP contribution in [0.4, 0.5) is 0 Å². The normalized spacial score (nSPS) is 12.7. The van der Waals surface area contributed by atoms with Crippen molar-refractivity contribution < 1.29 is 13.2 Å². The third-order valence-corrected chi connectivity index (χ3v) is 5.94. The van der Waals surface area contributed by atoms with Crippen LogP contribution in [-0.4, -0.2) is 20.1 Å². The molecule has 0 radical (unpaired) electrons. The van der Waals surface area contributed by atoms with Gasteiger partial charge in [0.25, 0.3) is 0 Å². The molecule has 2 rings (SSSR count). The Balaban J connectivity index is 2.06. The number of sulfone groups is 1. The van der Waals surface area contributed by atoms with Gasteiger partial charge in [0.2, 0.25) is 5.91 Å². The van der Waals surface area contributed by atoms with Crippen LogP contribution < -0.4 is 5.32 Å². The average molecular weight is 407 g/mol. The second-order valence-electron chi connectivity index (χ2n) is 5.18. The molecule has 1 amide bonds. The summed E-state index contributed by atoms with van der Waals surface area (Å²) in [5, 5.41) is 3.83. The molecule has 0 aliphatic carbocycles. The van der Waals surface area contributed by atoms with Gasteiger partial charge in [-0.3, -0.25) is 4.79 Å². The van der Waals surface area contributed by atoms with Gasteiger partial charge >= 0.3 is 0 Å². The van der Waals surface area contributed by atoms with Gasteiger partial charge in [-0.05, 0) is 48.9 Å². The zero-order valence-electron chi connectivity index (χ0n) is 12.6. The Labute approximate surface area is 155 Å². The Morgan fingerprint density at radius 2 is 1.67 bits per heavy atom. The summed E-state index contributed by atoms with van der Waals surface area (Å²) in [4.78, 5) is 12.1. The molecule has 0 bridgehead atoms. The van der Waals surface area contributed by atoms with Crippen molar-refractivity contribution >= 4 is 50.5 Å². The molecule has 2 aromatic rings. The Bertz CT molecular complexity index is 851. The lowest BCUT2D eigenvalue weighted by Crippen LogP contribution is -2.32. The number of nitrogens with one attached hydrogen (secondary N) is 1. The van der Waals surface area contributed by atoms with Crippen LogP contribution in [0.2, 0.25) is 15.1 Å². The molecule has 1 atom stereocenters. The standard InChI is InChI=1S/C16H14Cl3NO3S/c1-10(11-2-7-14(18)15(19)8-11)20-16(21)9-24(22,23)13-5-3-12(17)4-6-13/h2-8,10H,9H2,1H3,(H,20,21). The van der Waals surface area contributed by atoms with E-state index in [1.807, 2.05) is 0 Å². The van der Waals surface area contributed by atoms with Crippen molar-refractivity contribution in [2.24, 2.45) is 0 Å². The van der Waals surface area contributed by atoms with Crippen molar-refractivity contribution in [2.45, 2.75) is 17.9 Å². The Morgan fingerprint density at radius 1 is 1.04 bits per heavy atom. The van der Waals surface area contributed by atoms with Crippen LogP contribution in [0.15, 0.2) is 47.4 Å². The van der Waals surface area contributed by atoms with E-state index in [9.17, 15) is 13.2 Å². The highest BCUT2D eigenvalue weighted by atomic mass is 35.5. The number of carbonyl (C=O) groups excluding carboxylic acids is 1. The summed E-state index contributed by atoms with van der Waals surface area (Å²) in [5.74, 6) is -1.26. The maximum absolute atomic E-state index is 12.2. The molecule has 2 aromatic carbocycles. The lowest BCUT2D eigenvalue weighted by molar-refractivity contribution is -0.119. The summed E-state index contributed by atoms with van der Waals surface area (Å²) in [5.41, 5.74) is 0.724. The minimum absolute atomic E-state index is 0.0456. The lowest BCUT2D eigenvalue weighted by atomic mass is 10.1. The number of halogens is 3. The molecule has 128 valence electrons. The number of amides is 1. The predicted molar refractivity (Wildman–Crippen MR) is 96.5 cm³/mol. The van der Waals surface area contributed by atoms with Gasteiger partial charge in [-0.1, -0.05) is 40.9 Å². The molecule has 0 aromatic heterocycles. The van der Waals surface area contributed by atoms with E-state index < -0.39 is 27.5 Å². The minimum Gasteiger partial charge on any atom is -0.349 e. The number of hydrogen-bond donors (Lipinski definition) is 1. The quantitative estimate of drug-likeness (QED) is 0.805. The molecule has 1 N–H and O–H groups in total. The van der Waals surface area contributed by atoms with E-state index in [4.69, 9.17) is 34.8 Å². The molecule has 0 saturated heterocycles. The van der Waals surface area contributed by atoms with Gasteiger partial charge in [-0.2, -0.15) is 0 Å². The van der Waals surface area contributed by atoms with Crippen LogP contribution in [0, 0.1) is 0 Å². The molecule has 1 unspecified atom stereocenters. The van der Waals surface area contributed by atoms with E-state index in [0.29, 0.717) is 15.1 Å². The first-order chi connectivity index (χ1) is 11.2. The Kier molecular flexibility index (Phi) is 6.15. The van der Waals surface area contributed by atoms with E-state index in [1.54, 1.807) is 25.1 Å². The summed E-state index contributed by atoms with van der Waals surface area (Å²) in [6.45, 7) is 1.73. The molecule has 0 aliphatic heterocycles. The molecule has 0 aliphatic rings. The molecule has 24 heavy (non-hydrogen) atoms. The third kappa shape index (κ3) is 4.86. The first-order valence-corrected chi connectivity index (χ1v) is 9.70. The second kappa shape index (κ2) is 7.74. The fourth-order valence-corrected chi connectivity index (χ4v) is 3.62. The van der Waals surface area contributed by atoms with E-state index in [2.05, 4.69) is 5.32 Å². The highest BCUT2D eigenvalue weighted by molar-refractivity contribution is 7.92. The van der Waals surface area contributed by atoms with E-state index in [0.717, 1.165) is 5.56 Å². The fourth-order valence-electron chi connectivity index (χ4n) is 2.05. The number of rotatable bonds is 5. The van der Waals surface area contributed by atoms with Crippen LogP contribution in [0.1, 0.15) is 18.5 Å². The SMILES string of the molecule is CC(NC(=O)CS(=O)(=O)c1ccc(Cl)cc1)c1ccc(Cl)c(Cl)c1. The Hall–Kier alpha value is -1.27. The van der Waals surface area contributed by atoms with Crippen molar-refractivity contribution in [3.63, 3.8) is 0 Å². The maximum Gasteiger partial charge on any atom is 0.236 e. The van der Waals surface area contributed by atoms with Crippen molar-refractivity contribution in [3.05, 3.63) is 63.1 Å². The van der Waals surface area contributed by atoms with Gasteiger partial charge < -0.3 is 5.32 Å². The van der Waals surface area contributed by atoms with Crippen molar-refractivity contribution in [1.82, 2.24) is 5.32 Å². The first-order valence-electron chi connectivity index (χ1n) is 6.91. The summed E-state index contributed by atoms with van der Waals surface area (Å²) in [7, 11) is -3.74. The van der Waals surface area contributed by atoms with Gasteiger partial charge in [-0.15, -0.1) is 0 Å². The Morgan fingerprint density at radius 3 is 2.25 bits per heavy atom. The molecule has 0 fully saturated rings. The summed E-state index contributed by atoms with van der Waals surface area (Å²) in [6.07, 6.45) is 0. The van der Waals surface area contributed by atoms with Gasteiger partial charge in [-0.25, -0.2) is 8.42 Å². The van der Waals surface area contributed by atoms with E-state index >= 15 is 0 Å². The van der Waals surface area contributed by atoms with Gasteiger partial charge in [0.05, 0.1) is 21.0 Å². The number of carbonyl (C=O) groups is 1. The number of benzene rings is 2. The fraction of sp³-hybridized carbons (Fsp3) is 0.188. The summed E-state index contributed by atoms with van der Waals surface area (Å²) in [6, 6.07) is 10.2. The van der Waals surface area contributed by atoms with Crippen LogP contribution in [0.25, 0.3) is 0 Å². The highest BCUT2D eigenvalue weighted by Gasteiger charge is 2.21. The predicted octanol–water partition coefficient (Wildman–Crippen LogP) is 4.30. The van der Waals surface area contributed by atoms with Crippen LogP contribution in [0.3, 0.4) is 0 Å². The van der Waals surface area contributed by atoms with Crippen molar-refractivity contribution in [2.75, 3.05) is 5.75 Å². The van der Waals surface area contributed by atoms with E-state index in [1.165, 1.54) is 24.3 Å². The zero-order valence-corrected chi connectivity index (χ0v) is 15.7. The van der Waals surface area contributed by atoms with Crippen LogP contribution in [-0.2, 0) is 14.6 Å². The maximum atomic E-state index is 12.2. The molecule has 0 spiro atoms. The smallest absolute Gasteiger partial charge is 0.236 e. The largest absolute Gasteiger partial charge is 0.349 e. The highest BCUT2D eigenvalue weighted by Crippen LogP contribution is 2.25. The average Bonchev–Trinajstić information content (AvgIpc) is 2.49. The molecule has 0 saturated carbocycles. The van der Waals surface area contributed by atoms with Gasteiger partial charge in [0.1, 0.15) is 5.75 Å². The van der Waals surface area contributed by atoms with Crippen molar-refractivity contribution in [3.8, 4) is 0 Å². The lowest BCUT2D eigenvalue weighted by Gasteiger charge is -2.15. The molecular weight excluding hydrogens is 393 g/mol. The molecule has 0 heterocycles. The van der Waals surface area contributed by atoms with E-state index in [-0.39, 0.29) is 4.90 Å². The zero-order chi connectivity index (χ0) is 17.9. The summed E-state index contributed by atoms with van der Waals surface area (Å²) < 4.78 is 24.5. The minimum atomic E-state index is -3.74. The van der Waals surface area contributed by atoms with Crippen molar-refractivity contribution in [1.29, 1.82) is 0 Å². The third-order valence-electron chi connectivity index (χ3n) is 3.32. The molecular formula is C16H14Cl3NO3S. The monoisotopic (exact) mass is 405 g/mol. The number of hydrogen-bond acceptors (Lipinski definition) is 3.